The average molecular weight is 236 g/mol. The van der Waals surface area contributed by atoms with E-state index in [1.54, 1.807) is 0 Å². The van der Waals surface area contributed by atoms with E-state index >= 15 is 0 Å². The van der Waals surface area contributed by atoms with Crippen LogP contribution in [0.3, 0.4) is 0 Å². The van der Waals surface area contributed by atoms with Crippen LogP contribution in [0.4, 0.5) is 14.5 Å². The number of nitro benzene ring substituents is 1. The summed E-state index contributed by atoms with van der Waals surface area (Å²) in [6, 6.07) is 2.79. The molecule has 0 saturated carbocycles. The molecule has 7 heteroatoms. The summed E-state index contributed by atoms with van der Waals surface area (Å²) in [5.41, 5.74) is -0.996. The number of benzene rings is 1. The third-order valence-corrected chi connectivity index (χ3v) is 1.95. The number of Topliss-reactive ketones (excluding diaryl/α,β-unsaturated/α-hetero) is 1. The average Bonchev–Trinajstić information content (AvgIpc) is 2.16. The Labute approximate surface area is 87.6 Å². The van der Waals surface area contributed by atoms with Gasteiger partial charge in [0, 0.05) is 11.6 Å². The molecule has 4 nitrogen and oxygen atoms in total. The lowest BCUT2D eigenvalue weighted by molar-refractivity contribution is -0.384. The Morgan fingerprint density at radius 2 is 2.07 bits per heavy atom. The number of carbonyl (C=O) groups is 1. The van der Waals surface area contributed by atoms with Crippen molar-refractivity contribution in [2.45, 2.75) is 6.43 Å². The molecule has 0 aliphatic heterocycles. The maximum atomic E-state index is 12.0. The number of nitro groups is 1. The van der Waals surface area contributed by atoms with Crippen molar-refractivity contribution < 1.29 is 18.5 Å². The Morgan fingerprint density at radius 3 is 2.53 bits per heavy atom. The number of ketones is 1. The van der Waals surface area contributed by atoms with Gasteiger partial charge in [0.05, 0.1) is 4.92 Å². The summed E-state index contributed by atoms with van der Waals surface area (Å²) in [5.74, 6) is -1.46. The zero-order valence-electron chi connectivity index (χ0n) is 7.12. The van der Waals surface area contributed by atoms with E-state index in [1.165, 1.54) is 0 Å². The molecule has 0 aromatic heterocycles. The van der Waals surface area contributed by atoms with Gasteiger partial charge in [0.25, 0.3) is 5.69 Å². The van der Waals surface area contributed by atoms with E-state index in [4.69, 9.17) is 11.6 Å². The van der Waals surface area contributed by atoms with Gasteiger partial charge in [0.2, 0.25) is 5.78 Å². The van der Waals surface area contributed by atoms with E-state index in [9.17, 15) is 23.7 Å². The van der Waals surface area contributed by atoms with Crippen LogP contribution in [-0.4, -0.2) is 17.1 Å². The molecule has 0 spiro atoms. The van der Waals surface area contributed by atoms with Crippen LogP contribution in [-0.2, 0) is 0 Å². The minimum atomic E-state index is -3.19. The van der Waals surface area contributed by atoms with E-state index in [0.717, 1.165) is 18.2 Å². The van der Waals surface area contributed by atoms with E-state index < -0.39 is 28.4 Å². The number of halogens is 3. The second-order valence-electron chi connectivity index (χ2n) is 2.59. The lowest BCUT2D eigenvalue weighted by Gasteiger charge is -2.00. The number of hydrogen-bond acceptors (Lipinski definition) is 3. The van der Waals surface area contributed by atoms with Crippen LogP contribution in [0.2, 0.25) is 5.02 Å². The molecule has 80 valence electrons. The van der Waals surface area contributed by atoms with E-state index in [1.807, 2.05) is 0 Å². The van der Waals surface area contributed by atoms with Crippen LogP contribution in [0.15, 0.2) is 18.2 Å². The first kappa shape index (κ1) is 11.5. The van der Waals surface area contributed by atoms with Crippen LogP contribution < -0.4 is 0 Å². The van der Waals surface area contributed by atoms with Gasteiger partial charge in [0.1, 0.15) is 5.02 Å². The highest BCUT2D eigenvalue weighted by Crippen LogP contribution is 2.25. The molecule has 0 bridgehead atoms. The quantitative estimate of drug-likeness (QED) is 0.460. The normalized spacial score (nSPS) is 10.4. The maximum absolute atomic E-state index is 12.0. The van der Waals surface area contributed by atoms with E-state index in [0.29, 0.717) is 0 Å². The zero-order valence-corrected chi connectivity index (χ0v) is 7.87. The highest BCUT2D eigenvalue weighted by atomic mass is 35.5. The molecule has 15 heavy (non-hydrogen) atoms. The number of rotatable bonds is 3. The summed E-state index contributed by atoms with van der Waals surface area (Å²) in [6.07, 6.45) is -3.19. The first-order chi connectivity index (χ1) is 6.93. The molecule has 0 heterocycles. The topological polar surface area (TPSA) is 60.2 Å². The second-order valence-corrected chi connectivity index (χ2v) is 3.00. The van der Waals surface area contributed by atoms with Gasteiger partial charge in [-0.15, -0.1) is 0 Å². The van der Waals surface area contributed by atoms with Crippen LogP contribution in [0, 0.1) is 10.1 Å². The fourth-order valence-corrected chi connectivity index (χ4v) is 1.12. The largest absolute Gasteiger partial charge is 0.300 e. The van der Waals surface area contributed by atoms with E-state index in [2.05, 4.69) is 0 Å². The van der Waals surface area contributed by atoms with Gasteiger partial charge in [-0.25, -0.2) is 8.78 Å². The van der Waals surface area contributed by atoms with Gasteiger partial charge in [-0.05, 0) is 12.1 Å². The maximum Gasteiger partial charge on any atom is 0.300 e. The summed E-state index contributed by atoms with van der Waals surface area (Å²) in [6.45, 7) is 0. The monoisotopic (exact) mass is 235 g/mol. The minimum Gasteiger partial charge on any atom is -0.288 e. The zero-order chi connectivity index (χ0) is 11.6. The molecule has 0 aliphatic carbocycles. The van der Waals surface area contributed by atoms with Crippen molar-refractivity contribution in [1.82, 2.24) is 0 Å². The third-order valence-electron chi connectivity index (χ3n) is 1.63. The number of nitrogens with zero attached hydrogens (tertiary/aromatic N) is 1. The Balaban J connectivity index is 3.19. The molecule has 0 atom stereocenters. The molecule has 0 aliphatic rings. The molecule has 1 rings (SSSR count). The molecule has 0 saturated heterocycles. The fraction of sp³-hybridized carbons (Fsp3) is 0.125. The minimum absolute atomic E-state index is 0.203. The Morgan fingerprint density at radius 1 is 1.47 bits per heavy atom. The highest BCUT2D eigenvalue weighted by Gasteiger charge is 2.21. The molecular formula is C8H4ClF2NO3. The molecule has 0 radical (unpaired) electrons. The van der Waals surface area contributed by atoms with Crippen LogP contribution in [0.5, 0.6) is 0 Å². The highest BCUT2D eigenvalue weighted by molar-refractivity contribution is 6.32. The second kappa shape index (κ2) is 4.31. The Bertz CT molecular complexity index is 422. The van der Waals surface area contributed by atoms with Crippen molar-refractivity contribution >= 4 is 23.1 Å². The predicted molar refractivity (Wildman–Crippen MR) is 48.4 cm³/mol. The number of alkyl halides is 2. The Kier molecular flexibility index (Phi) is 3.31. The van der Waals surface area contributed by atoms with Gasteiger partial charge in [-0.3, -0.25) is 14.9 Å². The van der Waals surface area contributed by atoms with Crippen molar-refractivity contribution in [3.05, 3.63) is 38.9 Å². The first-order valence-electron chi connectivity index (χ1n) is 3.70. The standard InChI is InChI=1S/C8H4ClF2NO3/c9-5-2-1-4(7(13)8(10)11)3-6(5)12(14)15/h1-3,8H. The third kappa shape index (κ3) is 2.47. The van der Waals surface area contributed by atoms with Crippen molar-refractivity contribution in [3.63, 3.8) is 0 Å². The SMILES string of the molecule is O=C(c1ccc(Cl)c([N+](=O)[O-])c1)C(F)F. The Hall–Kier alpha value is -1.56. The summed E-state index contributed by atoms with van der Waals surface area (Å²) >= 11 is 5.44. The van der Waals surface area contributed by atoms with Crippen molar-refractivity contribution in [3.8, 4) is 0 Å². The predicted octanol–water partition coefficient (Wildman–Crippen LogP) is 2.70. The van der Waals surface area contributed by atoms with Crippen molar-refractivity contribution in [2.75, 3.05) is 0 Å². The van der Waals surface area contributed by atoms with Crippen molar-refractivity contribution in [2.24, 2.45) is 0 Å². The molecular weight excluding hydrogens is 232 g/mol. The van der Waals surface area contributed by atoms with Gasteiger partial charge < -0.3 is 0 Å². The first-order valence-corrected chi connectivity index (χ1v) is 4.07. The van der Waals surface area contributed by atoms with Crippen molar-refractivity contribution in [1.29, 1.82) is 0 Å². The van der Waals surface area contributed by atoms with Gasteiger partial charge >= 0.3 is 6.43 Å². The van der Waals surface area contributed by atoms with Gasteiger partial charge in [-0.1, -0.05) is 11.6 Å². The molecule has 1 aromatic carbocycles. The summed E-state index contributed by atoms with van der Waals surface area (Å²) in [4.78, 5) is 20.4. The smallest absolute Gasteiger partial charge is 0.288 e. The molecule has 0 fully saturated rings. The molecule has 0 amide bonds. The lowest BCUT2D eigenvalue weighted by atomic mass is 10.1. The van der Waals surface area contributed by atoms with E-state index in [-0.39, 0.29) is 5.02 Å². The molecule has 0 N–H and O–H groups in total. The summed E-state index contributed by atoms with van der Waals surface area (Å²) in [5, 5.41) is 10.2. The summed E-state index contributed by atoms with van der Waals surface area (Å²) < 4.78 is 24.0. The van der Waals surface area contributed by atoms with Crippen LogP contribution in [0.25, 0.3) is 0 Å². The number of carbonyl (C=O) groups excluding carboxylic acids is 1. The van der Waals surface area contributed by atoms with Gasteiger partial charge in [-0.2, -0.15) is 0 Å². The van der Waals surface area contributed by atoms with Crippen LogP contribution in [0.1, 0.15) is 10.4 Å². The van der Waals surface area contributed by atoms with Crippen LogP contribution >= 0.6 is 11.6 Å². The fourth-order valence-electron chi connectivity index (χ4n) is 0.932. The molecule has 0 unspecified atom stereocenters. The number of hydrogen-bond donors (Lipinski definition) is 0. The lowest BCUT2D eigenvalue weighted by Crippen LogP contribution is -2.10. The molecule has 1 aromatic rings. The summed E-state index contributed by atoms with van der Waals surface area (Å²) in [7, 11) is 0. The van der Waals surface area contributed by atoms with Gasteiger partial charge in [0.15, 0.2) is 0 Å².